The molecule has 1 unspecified atom stereocenters. The first-order chi connectivity index (χ1) is 18.1. The van der Waals surface area contributed by atoms with Gasteiger partial charge in [-0.1, -0.05) is 37.6 Å². The predicted molar refractivity (Wildman–Crippen MR) is 135 cm³/mol. The van der Waals surface area contributed by atoms with Crippen LogP contribution in [0.3, 0.4) is 0 Å². The summed E-state index contributed by atoms with van der Waals surface area (Å²) in [6, 6.07) is 15.1. The number of anilines is 2. The Kier molecular flexibility index (Phi) is 5.82. The van der Waals surface area contributed by atoms with Crippen LogP contribution in [-0.4, -0.2) is 43.4 Å². The van der Waals surface area contributed by atoms with Gasteiger partial charge in [-0.3, -0.25) is 10.1 Å². The molecule has 2 amide bonds. The lowest BCUT2D eigenvalue weighted by molar-refractivity contribution is -0.122. The molecule has 3 aromatic rings. The Morgan fingerprint density at radius 1 is 1.05 bits per heavy atom. The Balaban J connectivity index is 1.26. The van der Waals surface area contributed by atoms with E-state index in [0.717, 1.165) is 35.2 Å². The number of para-hydroxylation sites is 1. The highest BCUT2D eigenvalue weighted by atomic mass is 16.6. The van der Waals surface area contributed by atoms with Crippen LogP contribution in [0.2, 0.25) is 0 Å². The lowest BCUT2D eigenvalue weighted by Crippen LogP contribution is -2.42. The summed E-state index contributed by atoms with van der Waals surface area (Å²) in [4.78, 5) is 32.2. The Morgan fingerprint density at radius 2 is 1.86 bits per heavy atom. The second-order valence-corrected chi connectivity index (χ2v) is 9.26. The lowest BCUT2D eigenvalue weighted by Gasteiger charge is -2.24. The first kappa shape index (κ1) is 23.1. The van der Waals surface area contributed by atoms with Crippen LogP contribution in [0.25, 0.3) is 0 Å². The molecular weight excluding hydrogens is 474 g/mol. The van der Waals surface area contributed by atoms with E-state index in [2.05, 4.69) is 10.3 Å². The summed E-state index contributed by atoms with van der Waals surface area (Å²) in [6.45, 7) is 3.87. The molecule has 1 aromatic heterocycles. The van der Waals surface area contributed by atoms with Gasteiger partial charge in [0.15, 0.2) is 11.5 Å². The number of carbonyl (C=O) groups excluding carboxylic acids is 2. The topological polar surface area (TPSA) is 99.2 Å². The van der Waals surface area contributed by atoms with Crippen molar-refractivity contribution in [3.8, 4) is 17.2 Å². The molecule has 190 valence electrons. The third-order valence-corrected chi connectivity index (χ3v) is 6.94. The van der Waals surface area contributed by atoms with Crippen molar-refractivity contribution >= 4 is 23.5 Å². The van der Waals surface area contributed by atoms with E-state index in [4.69, 9.17) is 18.9 Å². The number of unbranched alkanes of at least 4 members (excludes halogenated alkanes) is 1. The number of aromatic nitrogens is 1. The number of amides is 2. The van der Waals surface area contributed by atoms with Crippen LogP contribution >= 0.6 is 0 Å². The van der Waals surface area contributed by atoms with Crippen molar-refractivity contribution in [1.29, 1.82) is 0 Å². The van der Waals surface area contributed by atoms with E-state index in [1.807, 2.05) is 49.4 Å². The normalized spacial score (nSPS) is 18.8. The third-order valence-electron chi connectivity index (χ3n) is 6.94. The summed E-state index contributed by atoms with van der Waals surface area (Å²) in [5.74, 6) is 2.22. The molecule has 37 heavy (non-hydrogen) atoms. The van der Waals surface area contributed by atoms with Gasteiger partial charge in [-0.15, -0.1) is 0 Å². The van der Waals surface area contributed by atoms with E-state index in [9.17, 15) is 9.59 Å². The summed E-state index contributed by atoms with van der Waals surface area (Å²) in [6.07, 6.45) is 2.88. The number of nitrogens with zero attached hydrogens (tertiary/aromatic N) is 2. The first-order valence-electron chi connectivity index (χ1n) is 12.5. The summed E-state index contributed by atoms with van der Waals surface area (Å²) >= 11 is 0. The van der Waals surface area contributed by atoms with Crippen molar-refractivity contribution in [1.82, 2.24) is 4.98 Å². The fourth-order valence-electron chi connectivity index (χ4n) is 5.09. The van der Waals surface area contributed by atoms with Crippen LogP contribution in [0, 0.1) is 0 Å². The van der Waals surface area contributed by atoms with Crippen molar-refractivity contribution in [2.75, 3.05) is 36.6 Å². The number of fused-ring (bicyclic) bond motifs is 5. The quantitative estimate of drug-likeness (QED) is 0.499. The average molecular weight is 502 g/mol. The van der Waals surface area contributed by atoms with Gasteiger partial charge in [-0.2, -0.15) is 0 Å². The molecule has 0 radical (unpaired) electrons. The van der Waals surface area contributed by atoms with E-state index in [1.165, 1.54) is 0 Å². The van der Waals surface area contributed by atoms with Crippen LogP contribution in [0.1, 0.15) is 36.5 Å². The van der Waals surface area contributed by atoms with Gasteiger partial charge in [-0.25, -0.2) is 9.78 Å². The predicted octanol–water partition coefficient (Wildman–Crippen LogP) is 4.43. The molecule has 3 aliphatic heterocycles. The van der Waals surface area contributed by atoms with Crippen LogP contribution in [0.5, 0.6) is 17.2 Å². The fraction of sp³-hybridized carbons (Fsp3) is 0.321. The maximum absolute atomic E-state index is 14.1. The van der Waals surface area contributed by atoms with Gasteiger partial charge >= 0.3 is 6.09 Å². The molecule has 1 spiro atoms. The molecule has 0 saturated carbocycles. The zero-order chi connectivity index (χ0) is 25.4. The first-order valence-corrected chi connectivity index (χ1v) is 12.5. The maximum atomic E-state index is 14.1. The minimum atomic E-state index is -0.959. The molecule has 0 saturated heterocycles. The molecule has 2 aromatic carbocycles. The summed E-state index contributed by atoms with van der Waals surface area (Å²) < 4.78 is 22.7. The Labute approximate surface area is 214 Å². The van der Waals surface area contributed by atoms with Crippen LogP contribution in [0.15, 0.2) is 54.7 Å². The molecule has 9 nitrogen and oxygen atoms in total. The summed E-state index contributed by atoms with van der Waals surface area (Å²) in [5.41, 5.74) is 2.39. The molecule has 0 aliphatic carbocycles. The number of ether oxygens (including phenoxy) is 4. The number of pyridine rings is 1. The standard InChI is InChI=1S/C28H27N3O6/c1-2-3-10-36-27(33)30-25-9-8-18(15-29-25)16-31-21-7-5-4-6-19(21)28(26(31)32)17-37-22-14-24-23(13-20(22)28)34-11-12-35-24/h4-9,13-15H,2-3,10-12,16-17H2,1H3,(H,29,30,33). The fourth-order valence-corrected chi connectivity index (χ4v) is 5.09. The molecule has 9 heteroatoms. The van der Waals surface area contributed by atoms with E-state index < -0.39 is 11.5 Å². The number of rotatable bonds is 6. The molecule has 1 N–H and O–H groups in total. The van der Waals surface area contributed by atoms with Gasteiger partial charge in [0.05, 0.1) is 13.2 Å². The van der Waals surface area contributed by atoms with Gasteiger partial charge in [0, 0.05) is 23.5 Å². The SMILES string of the molecule is CCCCOC(=O)Nc1ccc(CN2C(=O)C3(COc4cc5c(cc43)OCCO5)c3ccccc32)cn1. The molecule has 0 fully saturated rings. The maximum Gasteiger partial charge on any atom is 0.412 e. The summed E-state index contributed by atoms with van der Waals surface area (Å²) in [5, 5.41) is 2.63. The van der Waals surface area contributed by atoms with Crippen LogP contribution in [-0.2, 0) is 21.5 Å². The van der Waals surface area contributed by atoms with Gasteiger partial charge < -0.3 is 23.8 Å². The molecule has 4 heterocycles. The van der Waals surface area contributed by atoms with Crippen molar-refractivity contribution in [3.63, 3.8) is 0 Å². The Bertz CT molecular complexity index is 1360. The minimum absolute atomic E-state index is 0.0640. The molecule has 6 rings (SSSR count). The second-order valence-electron chi connectivity index (χ2n) is 9.26. The molecule has 3 aliphatic rings. The average Bonchev–Trinajstić information content (AvgIpc) is 3.40. The third kappa shape index (κ3) is 3.91. The lowest BCUT2D eigenvalue weighted by atomic mass is 9.77. The Hall–Kier alpha value is -4.27. The van der Waals surface area contributed by atoms with Gasteiger partial charge in [0.2, 0.25) is 5.91 Å². The van der Waals surface area contributed by atoms with E-state index in [-0.39, 0.29) is 12.5 Å². The summed E-state index contributed by atoms with van der Waals surface area (Å²) in [7, 11) is 0. The van der Waals surface area contributed by atoms with Gasteiger partial charge in [-0.05, 0) is 35.7 Å². The van der Waals surface area contributed by atoms with E-state index in [1.54, 1.807) is 17.2 Å². The van der Waals surface area contributed by atoms with Crippen LogP contribution < -0.4 is 24.4 Å². The number of hydrogen-bond acceptors (Lipinski definition) is 7. The van der Waals surface area contributed by atoms with Crippen molar-refractivity contribution < 1.29 is 28.5 Å². The minimum Gasteiger partial charge on any atom is -0.491 e. The highest BCUT2D eigenvalue weighted by Gasteiger charge is 2.57. The largest absolute Gasteiger partial charge is 0.491 e. The van der Waals surface area contributed by atoms with Crippen LogP contribution in [0.4, 0.5) is 16.3 Å². The molecule has 1 atom stereocenters. The molecule has 0 bridgehead atoms. The van der Waals surface area contributed by atoms with Crippen molar-refractivity contribution in [3.05, 3.63) is 71.4 Å². The Morgan fingerprint density at radius 3 is 2.65 bits per heavy atom. The van der Waals surface area contributed by atoms with Crippen molar-refractivity contribution in [2.24, 2.45) is 0 Å². The smallest absolute Gasteiger partial charge is 0.412 e. The highest BCUT2D eigenvalue weighted by Crippen LogP contribution is 2.55. The molecular formula is C28H27N3O6. The number of carbonyl (C=O) groups is 2. The van der Waals surface area contributed by atoms with Gasteiger partial charge in [0.1, 0.15) is 36.8 Å². The zero-order valence-corrected chi connectivity index (χ0v) is 20.5. The number of nitrogens with one attached hydrogen (secondary N) is 1. The highest BCUT2D eigenvalue weighted by molar-refractivity contribution is 6.11. The van der Waals surface area contributed by atoms with E-state index in [0.29, 0.717) is 49.4 Å². The van der Waals surface area contributed by atoms with E-state index >= 15 is 0 Å². The second kappa shape index (κ2) is 9.31. The number of benzene rings is 2. The monoisotopic (exact) mass is 501 g/mol. The van der Waals surface area contributed by atoms with Crippen molar-refractivity contribution in [2.45, 2.75) is 31.7 Å². The number of hydrogen-bond donors (Lipinski definition) is 1. The van der Waals surface area contributed by atoms with Gasteiger partial charge in [0.25, 0.3) is 0 Å². The zero-order valence-electron chi connectivity index (χ0n) is 20.5.